The fraction of sp³-hybridized carbons (Fsp3) is 0.523. The highest BCUT2D eigenvalue weighted by Gasteiger charge is 2.40. The molecule has 3 atom stereocenters. The van der Waals surface area contributed by atoms with Gasteiger partial charge in [0.2, 0.25) is 11.8 Å². The van der Waals surface area contributed by atoms with Crippen LogP contribution in [-0.2, 0) is 21.4 Å². The number of imide groups is 1. The predicted octanol–water partition coefficient (Wildman–Crippen LogP) is 3.13. The number of carbonyl (C=O) groups is 3. The Balaban J connectivity index is 0.730. The highest BCUT2D eigenvalue weighted by Crippen LogP contribution is 2.36. The molecule has 0 radical (unpaired) electrons. The number of nitrogens with one attached hydrogen (secondary N) is 2. The summed E-state index contributed by atoms with van der Waals surface area (Å²) < 4.78 is 46.1. The fourth-order valence-electron chi connectivity index (χ4n) is 10.2. The van der Waals surface area contributed by atoms with E-state index in [0.717, 1.165) is 77.2 Å². The molecule has 0 spiro atoms. The minimum atomic E-state index is -2.87. The van der Waals surface area contributed by atoms with Crippen LogP contribution < -0.4 is 26.0 Å². The average molecular weight is 881 g/mol. The summed E-state index contributed by atoms with van der Waals surface area (Å²) in [4.78, 5) is 63.2. The highest BCUT2D eigenvalue weighted by molar-refractivity contribution is 6.08. The van der Waals surface area contributed by atoms with Crippen LogP contribution in [0.1, 0.15) is 85.1 Å². The van der Waals surface area contributed by atoms with Crippen LogP contribution in [-0.4, -0.2) is 133 Å². The zero-order valence-corrected chi connectivity index (χ0v) is 35.7. The molecular formula is C44H50F2N12O6. The van der Waals surface area contributed by atoms with Crippen LogP contribution in [0.15, 0.2) is 41.6 Å². The van der Waals surface area contributed by atoms with Gasteiger partial charge in [-0.25, -0.2) is 23.1 Å². The van der Waals surface area contributed by atoms with Gasteiger partial charge in [-0.2, -0.15) is 10.2 Å². The van der Waals surface area contributed by atoms with E-state index in [9.17, 15) is 28.0 Å². The number of alkyl halides is 2. The summed E-state index contributed by atoms with van der Waals surface area (Å²) >= 11 is 0. The number of methoxy groups -OCH3 is 1. The van der Waals surface area contributed by atoms with E-state index in [1.807, 2.05) is 6.07 Å². The molecule has 1 saturated carbocycles. The molecule has 4 aliphatic heterocycles. The number of piperidine rings is 1. The molecule has 5 aliphatic rings. The number of fused-ring (bicyclic) bond motifs is 4. The zero-order chi connectivity index (χ0) is 44.2. The molecule has 1 unspecified atom stereocenters. The van der Waals surface area contributed by atoms with E-state index >= 15 is 0 Å². The number of anilines is 2. The summed E-state index contributed by atoms with van der Waals surface area (Å²) in [5.74, 6) is 6.86. The third-order valence-corrected chi connectivity index (χ3v) is 13.6. The standard InChI is InChI=1S/C44H50F2N12O6/c1-52-39-30(35(63-2)11-9-33(39)58(44(52)62)34-10-12-37(59)50-43(34)61)4-3-14-53-16-18-54(19-17-53)22-26-5-7-27(8-6-26)57-24-32(38(51-57)40(45)46)48-42(60)31-21-47-56-15-13-36(49-41(31)56)55-23-29-20-28(55)25-64-29/h9,11,13,15,21,24,26-29,34,40H,5-8,10,12,14,16-20,22-23,25H2,1-2H3,(H,48,60)(H,50,59,61)/t26?,27?,28-,29-,34?/m1/s1. The first-order valence-electron chi connectivity index (χ1n) is 22.0. The molecule has 8 heterocycles. The molecule has 5 fully saturated rings. The number of morpholine rings is 1. The Hall–Kier alpha value is -6.17. The van der Waals surface area contributed by atoms with Crippen molar-refractivity contribution in [1.29, 1.82) is 0 Å². The zero-order valence-electron chi connectivity index (χ0n) is 35.7. The molecule has 336 valence electrons. The van der Waals surface area contributed by atoms with Crippen molar-refractivity contribution in [3.05, 3.63) is 64.1 Å². The molecule has 10 rings (SSSR count). The number of imidazole rings is 1. The Kier molecular flexibility index (Phi) is 11.2. The molecule has 1 aromatic carbocycles. The van der Waals surface area contributed by atoms with Gasteiger partial charge in [0.15, 0.2) is 11.3 Å². The number of hydrogen-bond acceptors (Lipinski definition) is 12. The number of benzene rings is 1. The smallest absolute Gasteiger partial charge is 0.329 e. The molecule has 2 N–H and O–H groups in total. The summed E-state index contributed by atoms with van der Waals surface area (Å²) in [6, 6.07) is 4.75. The maximum Gasteiger partial charge on any atom is 0.329 e. The summed E-state index contributed by atoms with van der Waals surface area (Å²) in [5.41, 5.74) is 1.39. The second kappa shape index (κ2) is 17.1. The van der Waals surface area contributed by atoms with Gasteiger partial charge in [0.1, 0.15) is 23.2 Å². The number of rotatable bonds is 10. The van der Waals surface area contributed by atoms with Gasteiger partial charge in [-0.05, 0) is 62.6 Å². The van der Waals surface area contributed by atoms with Crippen molar-refractivity contribution >= 4 is 45.9 Å². The SMILES string of the molecule is COc1ccc2c(c1C#CCN1CCN(CC3CCC(n4cc(NC(=O)c5cnn6ccc(N7C[C@H]8C[C@@H]7CO8)nc56)c(C(F)F)n4)CC3)CC1)n(C)c(=O)n2C1CCC(=O)NC1=O. The molecule has 2 bridgehead atoms. The van der Waals surface area contributed by atoms with Crippen molar-refractivity contribution in [2.45, 2.75) is 75.6 Å². The number of piperazine rings is 1. The lowest BCUT2D eigenvalue weighted by Gasteiger charge is -2.37. The van der Waals surface area contributed by atoms with Crippen LogP contribution in [0.25, 0.3) is 16.7 Å². The highest BCUT2D eigenvalue weighted by atomic mass is 19.3. The van der Waals surface area contributed by atoms with Gasteiger partial charge >= 0.3 is 5.69 Å². The number of aryl methyl sites for hydroxylation is 1. The van der Waals surface area contributed by atoms with Gasteiger partial charge in [-0.3, -0.25) is 38.4 Å². The lowest BCUT2D eigenvalue weighted by Crippen LogP contribution is -2.48. The first-order chi connectivity index (χ1) is 31.0. The summed E-state index contributed by atoms with van der Waals surface area (Å²) in [5, 5.41) is 13.6. The lowest BCUT2D eigenvalue weighted by molar-refractivity contribution is -0.135. The van der Waals surface area contributed by atoms with E-state index in [0.29, 0.717) is 47.1 Å². The number of ether oxygens (including phenoxy) is 2. The molecule has 5 aromatic rings. The minimum Gasteiger partial charge on any atom is -0.495 e. The van der Waals surface area contributed by atoms with Crippen molar-refractivity contribution in [2.75, 3.05) is 69.7 Å². The number of halogens is 2. The monoisotopic (exact) mass is 880 g/mol. The summed E-state index contributed by atoms with van der Waals surface area (Å²) in [6.07, 6.45) is 6.79. The summed E-state index contributed by atoms with van der Waals surface area (Å²) in [6.45, 7) is 6.32. The summed E-state index contributed by atoms with van der Waals surface area (Å²) in [7, 11) is 3.20. The Morgan fingerprint density at radius 2 is 1.84 bits per heavy atom. The van der Waals surface area contributed by atoms with Crippen molar-refractivity contribution in [3.8, 4) is 17.6 Å². The van der Waals surface area contributed by atoms with Crippen LogP contribution in [0.3, 0.4) is 0 Å². The second-order valence-corrected chi connectivity index (χ2v) is 17.5. The third-order valence-electron chi connectivity index (χ3n) is 13.6. The number of aromatic nitrogens is 7. The van der Waals surface area contributed by atoms with E-state index in [-0.39, 0.29) is 53.9 Å². The maximum atomic E-state index is 14.3. The van der Waals surface area contributed by atoms with E-state index in [1.54, 1.807) is 37.2 Å². The van der Waals surface area contributed by atoms with Crippen molar-refractivity contribution in [2.24, 2.45) is 13.0 Å². The molecule has 20 heteroatoms. The number of nitrogens with zero attached hydrogens (tertiary/aromatic N) is 10. The van der Waals surface area contributed by atoms with Gasteiger partial charge in [-0.15, -0.1) is 0 Å². The first kappa shape index (κ1) is 41.8. The first-order valence-corrected chi connectivity index (χ1v) is 22.0. The normalized spacial score (nSPS) is 24.1. The van der Waals surface area contributed by atoms with Crippen LogP contribution in [0.4, 0.5) is 20.3 Å². The number of carbonyl (C=O) groups excluding carboxylic acids is 3. The van der Waals surface area contributed by atoms with Crippen LogP contribution >= 0.6 is 0 Å². The fourth-order valence-corrected chi connectivity index (χ4v) is 10.2. The average Bonchev–Trinajstić information content (AvgIpc) is 4.15. The minimum absolute atomic E-state index is 0.0140. The Bertz CT molecular complexity index is 2750. The van der Waals surface area contributed by atoms with E-state index in [4.69, 9.17) is 14.5 Å². The van der Waals surface area contributed by atoms with Crippen molar-refractivity contribution < 1.29 is 32.6 Å². The van der Waals surface area contributed by atoms with Gasteiger partial charge in [0, 0.05) is 65.1 Å². The topological polar surface area (TPSA) is 178 Å². The Morgan fingerprint density at radius 3 is 2.56 bits per heavy atom. The molecule has 4 saturated heterocycles. The van der Waals surface area contributed by atoms with E-state index in [2.05, 4.69) is 47.4 Å². The maximum absolute atomic E-state index is 14.3. The Labute approximate surface area is 366 Å². The van der Waals surface area contributed by atoms with Gasteiger partial charge in [0.05, 0.1) is 66.9 Å². The van der Waals surface area contributed by atoms with Crippen LogP contribution in [0.2, 0.25) is 0 Å². The van der Waals surface area contributed by atoms with Gasteiger partial charge < -0.3 is 24.6 Å². The predicted molar refractivity (Wildman–Crippen MR) is 230 cm³/mol. The second-order valence-electron chi connectivity index (χ2n) is 17.5. The Morgan fingerprint density at radius 1 is 1.05 bits per heavy atom. The van der Waals surface area contributed by atoms with Crippen LogP contribution in [0.5, 0.6) is 5.75 Å². The molecule has 4 aromatic heterocycles. The van der Waals surface area contributed by atoms with Crippen molar-refractivity contribution in [1.82, 2.24) is 48.6 Å². The largest absolute Gasteiger partial charge is 0.495 e. The number of hydrogen-bond donors (Lipinski definition) is 2. The molecule has 18 nitrogen and oxygen atoms in total. The molecule has 1 aliphatic carbocycles. The van der Waals surface area contributed by atoms with Gasteiger partial charge in [-0.1, -0.05) is 11.8 Å². The molecule has 3 amide bonds. The van der Waals surface area contributed by atoms with Gasteiger partial charge in [0.25, 0.3) is 12.3 Å². The quantitative estimate of drug-likeness (QED) is 0.155. The van der Waals surface area contributed by atoms with E-state index in [1.165, 1.54) is 26.0 Å². The van der Waals surface area contributed by atoms with Crippen LogP contribution in [0, 0.1) is 17.8 Å². The molecular weight excluding hydrogens is 831 g/mol. The number of amides is 3. The van der Waals surface area contributed by atoms with Crippen molar-refractivity contribution in [3.63, 3.8) is 0 Å². The lowest BCUT2D eigenvalue weighted by atomic mass is 9.85. The van der Waals surface area contributed by atoms with E-state index < -0.39 is 30.0 Å². The molecule has 64 heavy (non-hydrogen) atoms. The third kappa shape index (κ3) is 7.79.